The number of rotatable bonds is 3. The van der Waals surface area contributed by atoms with Crippen molar-refractivity contribution in [2.45, 2.75) is 39.0 Å². The Balaban J connectivity index is 1.99. The maximum Gasteiger partial charge on any atom is 0.252 e. The van der Waals surface area contributed by atoms with Crippen molar-refractivity contribution < 1.29 is 9.90 Å². The molecule has 1 amide bonds. The van der Waals surface area contributed by atoms with Crippen LogP contribution in [0, 0.1) is 5.41 Å². The molecule has 0 aromatic heterocycles. The zero-order valence-corrected chi connectivity index (χ0v) is 12.0. The van der Waals surface area contributed by atoms with Gasteiger partial charge in [0.1, 0.15) is 5.75 Å². The van der Waals surface area contributed by atoms with Gasteiger partial charge in [0, 0.05) is 6.54 Å². The number of phenols is 1. The molecule has 3 nitrogen and oxygen atoms in total. The summed E-state index contributed by atoms with van der Waals surface area (Å²) >= 11 is 5.98. The summed E-state index contributed by atoms with van der Waals surface area (Å²) in [7, 11) is 0. The molecule has 1 aliphatic carbocycles. The van der Waals surface area contributed by atoms with Crippen molar-refractivity contribution in [2.75, 3.05) is 6.54 Å². The molecule has 4 heteroatoms. The van der Waals surface area contributed by atoms with Gasteiger partial charge in [-0.15, -0.1) is 0 Å². The third kappa shape index (κ3) is 3.63. The topological polar surface area (TPSA) is 49.3 Å². The molecule has 2 N–H and O–H groups in total. The summed E-state index contributed by atoms with van der Waals surface area (Å²) in [6.07, 6.45) is 6.07. The molecular weight excluding hydrogens is 262 g/mol. The second kappa shape index (κ2) is 5.83. The molecule has 0 radical (unpaired) electrons. The van der Waals surface area contributed by atoms with Crippen LogP contribution >= 0.6 is 11.6 Å². The Labute approximate surface area is 119 Å². The highest BCUT2D eigenvalue weighted by Crippen LogP contribution is 2.35. The van der Waals surface area contributed by atoms with Gasteiger partial charge in [0.05, 0.1) is 10.6 Å². The lowest BCUT2D eigenvalue weighted by molar-refractivity contribution is 0.0919. The van der Waals surface area contributed by atoms with Crippen LogP contribution in [0.2, 0.25) is 5.02 Å². The van der Waals surface area contributed by atoms with Crippen LogP contribution in [0.3, 0.4) is 0 Å². The van der Waals surface area contributed by atoms with Gasteiger partial charge in [-0.25, -0.2) is 0 Å². The van der Waals surface area contributed by atoms with Gasteiger partial charge in [0.15, 0.2) is 0 Å². The second-order valence-electron chi connectivity index (χ2n) is 5.72. The van der Waals surface area contributed by atoms with E-state index in [-0.39, 0.29) is 17.1 Å². The highest BCUT2D eigenvalue weighted by atomic mass is 35.5. The minimum absolute atomic E-state index is 0.0541. The van der Waals surface area contributed by atoms with E-state index in [1.165, 1.54) is 37.5 Å². The lowest BCUT2D eigenvalue weighted by Gasteiger charge is -2.33. The summed E-state index contributed by atoms with van der Waals surface area (Å²) in [6, 6.07) is 4.41. The van der Waals surface area contributed by atoms with E-state index in [4.69, 9.17) is 11.6 Å². The Kier molecular flexibility index (Phi) is 4.35. The lowest BCUT2D eigenvalue weighted by atomic mass is 9.76. The van der Waals surface area contributed by atoms with Crippen LogP contribution in [0.15, 0.2) is 18.2 Å². The summed E-state index contributed by atoms with van der Waals surface area (Å²) in [6.45, 7) is 2.88. The number of carbonyl (C=O) groups is 1. The van der Waals surface area contributed by atoms with Crippen molar-refractivity contribution >= 4 is 17.5 Å². The second-order valence-corrected chi connectivity index (χ2v) is 6.13. The summed E-state index contributed by atoms with van der Waals surface area (Å²) in [5.41, 5.74) is 0.526. The van der Waals surface area contributed by atoms with Crippen LogP contribution in [-0.2, 0) is 0 Å². The SMILES string of the molecule is CC1(CNC(=O)c2cc(O)ccc2Cl)CCCCC1. The van der Waals surface area contributed by atoms with Crippen LogP contribution < -0.4 is 5.32 Å². The summed E-state index contributed by atoms with van der Waals surface area (Å²) < 4.78 is 0. The van der Waals surface area contributed by atoms with Crippen molar-refractivity contribution in [1.82, 2.24) is 5.32 Å². The molecule has 1 aromatic rings. The van der Waals surface area contributed by atoms with Gasteiger partial charge >= 0.3 is 0 Å². The first-order valence-electron chi connectivity index (χ1n) is 6.77. The number of amides is 1. The van der Waals surface area contributed by atoms with Crippen LogP contribution in [0.1, 0.15) is 49.4 Å². The molecule has 104 valence electrons. The number of aromatic hydroxyl groups is 1. The summed E-state index contributed by atoms with van der Waals surface area (Å²) in [4.78, 5) is 12.1. The molecule has 0 atom stereocenters. The fraction of sp³-hybridized carbons (Fsp3) is 0.533. The maximum atomic E-state index is 12.1. The van der Waals surface area contributed by atoms with E-state index >= 15 is 0 Å². The number of nitrogens with one attached hydrogen (secondary N) is 1. The van der Waals surface area contributed by atoms with E-state index in [1.54, 1.807) is 0 Å². The predicted octanol–water partition coefficient (Wildman–Crippen LogP) is 3.75. The number of halogens is 1. The molecule has 0 unspecified atom stereocenters. The third-order valence-electron chi connectivity index (χ3n) is 3.93. The van der Waals surface area contributed by atoms with Gasteiger partial charge in [0.2, 0.25) is 0 Å². The van der Waals surface area contributed by atoms with Crippen molar-refractivity contribution in [3.8, 4) is 5.75 Å². The summed E-state index contributed by atoms with van der Waals surface area (Å²) in [5.74, 6) is -0.161. The maximum absolute atomic E-state index is 12.1. The van der Waals surface area contributed by atoms with E-state index in [2.05, 4.69) is 12.2 Å². The quantitative estimate of drug-likeness (QED) is 0.886. The van der Waals surface area contributed by atoms with E-state index in [0.717, 1.165) is 12.8 Å². The van der Waals surface area contributed by atoms with Crippen molar-refractivity contribution in [3.05, 3.63) is 28.8 Å². The van der Waals surface area contributed by atoms with E-state index < -0.39 is 0 Å². The molecule has 1 aromatic carbocycles. The molecule has 2 rings (SSSR count). The first kappa shape index (κ1) is 14.2. The molecule has 1 saturated carbocycles. The normalized spacial score (nSPS) is 18.0. The Hall–Kier alpha value is -1.22. The minimum Gasteiger partial charge on any atom is -0.508 e. The smallest absolute Gasteiger partial charge is 0.252 e. The van der Waals surface area contributed by atoms with Gasteiger partial charge in [-0.05, 0) is 36.5 Å². The zero-order valence-electron chi connectivity index (χ0n) is 11.2. The third-order valence-corrected chi connectivity index (χ3v) is 4.26. The fourth-order valence-electron chi connectivity index (χ4n) is 2.66. The Morgan fingerprint density at radius 2 is 2.05 bits per heavy atom. The fourth-order valence-corrected chi connectivity index (χ4v) is 2.86. The molecular formula is C15H20ClNO2. The molecule has 0 saturated heterocycles. The molecule has 19 heavy (non-hydrogen) atoms. The zero-order chi connectivity index (χ0) is 13.9. The Morgan fingerprint density at radius 1 is 1.37 bits per heavy atom. The van der Waals surface area contributed by atoms with Crippen LogP contribution in [0.5, 0.6) is 5.75 Å². The number of phenolic OH excluding ortho intramolecular Hbond substituents is 1. The lowest BCUT2D eigenvalue weighted by Crippen LogP contribution is -2.37. The Bertz CT molecular complexity index is 467. The highest BCUT2D eigenvalue weighted by molar-refractivity contribution is 6.33. The van der Waals surface area contributed by atoms with Crippen LogP contribution in [0.25, 0.3) is 0 Å². The van der Waals surface area contributed by atoms with Crippen LogP contribution in [0.4, 0.5) is 0 Å². The standard InChI is InChI=1S/C15H20ClNO2/c1-15(7-3-2-4-8-15)10-17-14(19)12-9-11(18)5-6-13(12)16/h5-6,9,18H,2-4,7-8,10H2,1H3,(H,17,19). The average molecular weight is 282 g/mol. The molecule has 1 fully saturated rings. The van der Waals surface area contributed by atoms with Crippen molar-refractivity contribution in [1.29, 1.82) is 0 Å². The van der Waals surface area contributed by atoms with Gasteiger partial charge in [-0.3, -0.25) is 4.79 Å². The summed E-state index contributed by atoms with van der Waals surface area (Å²) in [5, 5.41) is 12.7. The first-order chi connectivity index (χ1) is 9.00. The number of benzene rings is 1. The number of carbonyl (C=O) groups excluding carboxylic acids is 1. The van der Waals surface area contributed by atoms with Crippen LogP contribution in [-0.4, -0.2) is 17.6 Å². The van der Waals surface area contributed by atoms with Gasteiger partial charge in [0.25, 0.3) is 5.91 Å². The molecule has 0 aliphatic heterocycles. The van der Waals surface area contributed by atoms with E-state index in [0.29, 0.717) is 17.1 Å². The van der Waals surface area contributed by atoms with Gasteiger partial charge in [-0.2, -0.15) is 0 Å². The first-order valence-corrected chi connectivity index (χ1v) is 7.15. The average Bonchev–Trinajstić information content (AvgIpc) is 2.40. The Morgan fingerprint density at radius 3 is 2.74 bits per heavy atom. The number of hydrogen-bond donors (Lipinski definition) is 2. The van der Waals surface area contributed by atoms with Crippen molar-refractivity contribution in [2.24, 2.45) is 5.41 Å². The largest absolute Gasteiger partial charge is 0.508 e. The monoisotopic (exact) mass is 281 g/mol. The van der Waals surface area contributed by atoms with Crippen molar-refractivity contribution in [3.63, 3.8) is 0 Å². The van der Waals surface area contributed by atoms with Gasteiger partial charge < -0.3 is 10.4 Å². The minimum atomic E-state index is -0.215. The molecule has 0 bridgehead atoms. The van der Waals surface area contributed by atoms with Gasteiger partial charge in [-0.1, -0.05) is 37.8 Å². The molecule has 0 heterocycles. The number of hydrogen-bond acceptors (Lipinski definition) is 2. The highest BCUT2D eigenvalue weighted by Gasteiger charge is 2.27. The molecule has 1 aliphatic rings. The van der Waals surface area contributed by atoms with E-state index in [1.807, 2.05) is 0 Å². The predicted molar refractivity (Wildman–Crippen MR) is 76.6 cm³/mol. The molecule has 0 spiro atoms. The van der Waals surface area contributed by atoms with E-state index in [9.17, 15) is 9.90 Å².